The first-order valence-corrected chi connectivity index (χ1v) is 7.92. The van der Waals surface area contributed by atoms with E-state index in [4.69, 9.17) is 4.74 Å². The second-order valence-corrected chi connectivity index (χ2v) is 7.00. The van der Waals surface area contributed by atoms with Crippen molar-refractivity contribution in [2.75, 3.05) is 31.2 Å². The molecule has 21 heavy (non-hydrogen) atoms. The van der Waals surface area contributed by atoms with Gasteiger partial charge in [0.2, 0.25) is 0 Å². The first kappa shape index (κ1) is 16.2. The van der Waals surface area contributed by atoms with Crippen LogP contribution in [0.25, 0.3) is 0 Å². The third-order valence-electron chi connectivity index (χ3n) is 3.90. The van der Waals surface area contributed by atoms with Gasteiger partial charge in [0.25, 0.3) is 0 Å². The fraction of sp³-hybridized carbons (Fsp3) is 0.706. The molecule has 1 aromatic rings. The zero-order chi connectivity index (χ0) is 15.5. The summed E-state index contributed by atoms with van der Waals surface area (Å²) in [5.74, 6) is 0.659. The highest BCUT2D eigenvalue weighted by molar-refractivity contribution is 5.56. The molecule has 1 aliphatic heterocycles. The molecule has 0 amide bonds. The van der Waals surface area contributed by atoms with E-state index in [2.05, 4.69) is 55.9 Å². The van der Waals surface area contributed by atoms with Gasteiger partial charge in [-0.2, -0.15) is 0 Å². The van der Waals surface area contributed by atoms with Crippen molar-refractivity contribution in [3.05, 3.63) is 23.5 Å². The summed E-state index contributed by atoms with van der Waals surface area (Å²) in [4.78, 5) is 6.95. The van der Waals surface area contributed by atoms with Gasteiger partial charge in [0, 0.05) is 36.2 Å². The smallest absolute Gasteiger partial charge is 0.0694 e. The largest absolute Gasteiger partial charge is 0.377 e. The summed E-state index contributed by atoms with van der Waals surface area (Å²) in [6, 6.07) is 2.21. The minimum atomic E-state index is 0.0266. The van der Waals surface area contributed by atoms with Gasteiger partial charge in [0.1, 0.15) is 0 Å². The molecule has 1 saturated heterocycles. The lowest BCUT2D eigenvalue weighted by Crippen LogP contribution is -2.53. The number of aryl methyl sites for hydroxylation is 1. The Morgan fingerprint density at radius 2 is 2.19 bits per heavy atom. The summed E-state index contributed by atoms with van der Waals surface area (Å²) in [7, 11) is 0. The number of hydrogen-bond donors (Lipinski definition) is 1. The van der Waals surface area contributed by atoms with E-state index in [1.807, 2.05) is 6.20 Å². The van der Waals surface area contributed by atoms with Crippen molar-refractivity contribution < 1.29 is 4.74 Å². The standard InChI is InChI=1S/C17H29N3O/c1-13(2)9-18-10-15-11-19-14(3)8-16(15)20-6-7-21-12-17(20,4)5/h8,11,13,18H,6-7,9-10,12H2,1-5H3. The number of rotatable bonds is 5. The summed E-state index contributed by atoms with van der Waals surface area (Å²) >= 11 is 0. The van der Waals surface area contributed by atoms with Gasteiger partial charge >= 0.3 is 0 Å². The van der Waals surface area contributed by atoms with Crippen molar-refractivity contribution >= 4 is 5.69 Å². The van der Waals surface area contributed by atoms with E-state index in [-0.39, 0.29) is 5.54 Å². The van der Waals surface area contributed by atoms with Gasteiger partial charge < -0.3 is 15.0 Å². The number of aromatic nitrogens is 1. The van der Waals surface area contributed by atoms with Crippen LogP contribution in [0.3, 0.4) is 0 Å². The van der Waals surface area contributed by atoms with Crippen molar-refractivity contribution in [1.29, 1.82) is 0 Å². The van der Waals surface area contributed by atoms with Crippen LogP contribution in [0.5, 0.6) is 0 Å². The molecule has 4 nitrogen and oxygen atoms in total. The Morgan fingerprint density at radius 3 is 2.86 bits per heavy atom. The Labute approximate surface area is 128 Å². The van der Waals surface area contributed by atoms with Crippen molar-refractivity contribution in [3.8, 4) is 0 Å². The average molecular weight is 291 g/mol. The summed E-state index contributed by atoms with van der Waals surface area (Å²) in [5.41, 5.74) is 3.67. The SMILES string of the molecule is Cc1cc(N2CCOCC2(C)C)c(CNCC(C)C)cn1. The quantitative estimate of drug-likeness (QED) is 0.905. The lowest BCUT2D eigenvalue weighted by molar-refractivity contribution is 0.0643. The van der Waals surface area contributed by atoms with E-state index in [1.165, 1.54) is 11.3 Å². The highest BCUT2D eigenvalue weighted by Gasteiger charge is 2.32. The van der Waals surface area contributed by atoms with Crippen LogP contribution in [0.4, 0.5) is 5.69 Å². The minimum absolute atomic E-state index is 0.0266. The Morgan fingerprint density at radius 1 is 1.43 bits per heavy atom. The maximum absolute atomic E-state index is 5.65. The summed E-state index contributed by atoms with van der Waals surface area (Å²) < 4.78 is 5.65. The zero-order valence-corrected chi connectivity index (χ0v) is 14.1. The van der Waals surface area contributed by atoms with E-state index in [9.17, 15) is 0 Å². The molecule has 0 atom stereocenters. The van der Waals surface area contributed by atoms with E-state index in [0.717, 1.165) is 38.5 Å². The highest BCUT2D eigenvalue weighted by atomic mass is 16.5. The Bertz CT molecular complexity index is 471. The Hall–Kier alpha value is -1.13. The van der Waals surface area contributed by atoms with Crippen LogP contribution in [0.15, 0.2) is 12.3 Å². The van der Waals surface area contributed by atoms with Crippen molar-refractivity contribution in [2.45, 2.75) is 46.7 Å². The number of ether oxygens (including phenoxy) is 1. The zero-order valence-electron chi connectivity index (χ0n) is 14.1. The fourth-order valence-corrected chi connectivity index (χ4v) is 2.76. The van der Waals surface area contributed by atoms with Crippen LogP contribution in [0.2, 0.25) is 0 Å². The van der Waals surface area contributed by atoms with Crippen molar-refractivity contribution in [3.63, 3.8) is 0 Å². The van der Waals surface area contributed by atoms with Crippen LogP contribution in [-0.4, -0.2) is 36.8 Å². The molecule has 4 heteroatoms. The molecule has 1 N–H and O–H groups in total. The molecule has 2 rings (SSSR count). The number of nitrogens with one attached hydrogen (secondary N) is 1. The van der Waals surface area contributed by atoms with Crippen molar-refractivity contribution in [1.82, 2.24) is 10.3 Å². The molecular formula is C17H29N3O. The second-order valence-electron chi connectivity index (χ2n) is 7.00. The number of morpholine rings is 1. The maximum atomic E-state index is 5.65. The molecule has 2 heterocycles. The second kappa shape index (κ2) is 6.75. The number of anilines is 1. The molecule has 0 aromatic carbocycles. The van der Waals surface area contributed by atoms with Crippen LogP contribution < -0.4 is 10.2 Å². The normalized spacial score (nSPS) is 18.3. The number of hydrogen-bond acceptors (Lipinski definition) is 4. The molecule has 0 spiro atoms. The number of nitrogens with zero attached hydrogens (tertiary/aromatic N) is 2. The van der Waals surface area contributed by atoms with Gasteiger partial charge in [-0.3, -0.25) is 4.98 Å². The molecule has 0 bridgehead atoms. The summed E-state index contributed by atoms with van der Waals surface area (Å²) in [5, 5.41) is 3.53. The molecule has 0 unspecified atom stereocenters. The lowest BCUT2D eigenvalue weighted by atomic mass is 10.00. The minimum Gasteiger partial charge on any atom is -0.377 e. The molecule has 1 fully saturated rings. The molecule has 118 valence electrons. The van der Waals surface area contributed by atoms with E-state index >= 15 is 0 Å². The number of pyridine rings is 1. The van der Waals surface area contributed by atoms with Crippen LogP contribution in [0, 0.1) is 12.8 Å². The van der Waals surface area contributed by atoms with Crippen LogP contribution >= 0.6 is 0 Å². The summed E-state index contributed by atoms with van der Waals surface area (Å²) in [6.07, 6.45) is 2.02. The van der Waals surface area contributed by atoms with Gasteiger partial charge in [0.15, 0.2) is 0 Å². The maximum Gasteiger partial charge on any atom is 0.0694 e. The van der Waals surface area contributed by atoms with Crippen molar-refractivity contribution in [2.24, 2.45) is 5.92 Å². The van der Waals surface area contributed by atoms with Gasteiger partial charge in [-0.25, -0.2) is 0 Å². The van der Waals surface area contributed by atoms with Gasteiger partial charge in [-0.05, 0) is 39.3 Å². The van der Waals surface area contributed by atoms with E-state index < -0.39 is 0 Å². The van der Waals surface area contributed by atoms with Gasteiger partial charge in [-0.1, -0.05) is 13.8 Å². The summed E-state index contributed by atoms with van der Waals surface area (Å²) in [6.45, 7) is 15.4. The van der Waals surface area contributed by atoms with E-state index in [1.54, 1.807) is 0 Å². The lowest BCUT2D eigenvalue weighted by Gasteiger charge is -2.44. The Kier molecular flexibility index (Phi) is 5.22. The molecule has 1 aromatic heterocycles. The highest BCUT2D eigenvalue weighted by Crippen LogP contribution is 2.30. The molecular weight excluding hydrogens is 262 g/mol. The first-order valence-electron chi connectivity index (χ1n) is 7.92. The fourth-order valence-electron chi connectivity index (χ4n) is 2.76. The monoisotopic (exact) mass is 291 g/mol. The predicted molar refractivity (Wildman–Crippen MR) is 87.8 cm³/mol. The van der Waals surface area contributed by atoms with Gasteiger partial charge in [0.05, 0.1) is 18.8 Å². The Balaban J connectivity index is 2.22. The van der Waals surface area contributed by atoms with Crippen LogP contribution in [0.1, 0.15) is 39.0 Å². The van der Waals surface area contributed by atoms with E-state index in [0.29, 0.717) is 5.92 Å². The molecule has 1 aliphatic rings. The van der Waals surface area contributed by atoms with Gasteiger partial charge in [-0.15, -0.1) is 0 Å². The predicted octanol–water partition coefficient (Wildman–Crippen LogP) is 2.75. The molecule has 0 saturated carbocycles. The average Bonchev–Trinajstić information content (AvgIpc) is 2.40. The third-order valence-corrected chi connectivity index (χ3v) is 3.90. The van der Waals surface area contributed by atoms with Crippen LogP contribution in [-0.2, 0) is 11.3 Å². The third kappa shape index (κ3) is 4.17. The molecule has 0 aliphatic carbocycles. The first-order chi connectivity index (χ1) is 9.90. The molecule has 0 radical (unpaired) electrons. The topological polar surface area (TPSA) is 37.4 Å².